The zero-order valence-electron chi connectivity index (χ0n) is 17.8. The normalized spacial score (nSPS) is 15.1. The molecule has 1 aliphatic rings. The van der Waals surface area contributed by atoms with Gasteiger partial charge in [-0.05, 0) is 36.3 Å². The molecular formula is C26H20F2N2O2S. The fraction of sp³-hybridized carbons (Fsp3) is 0.154. The van der Waals surface area contributed by atoms with E-state index < -0.39 is 11.6 Å². The molecule has 0 saturated carbocycles. The first kappa shape index (κ1) is 21.3. The highest BCUT2D eigenvalue weighted by molar-refractivity contribution is 7.21. The maximum Gasteiger partial charge on any atom is 0.262 e. The van der Waals surface area contributed by atoms with Crippen LogP contribution in [0.5, 0.6) is 5.75 Å². The molecule has 0 unspecified atom stereocenters. The van der Waals surface area contributed by atoms with Gasteiger partial charge >= 0.3 is 0 Å². The summed E-state index contributed by atoms with van der Waals surface area (Å²) in [4.78, 5) is 18.2. The van der Waals surface area contributed by atoms with Crippen LogP contribution >= 0.6 is 11.3 Å². The van der Waals surface area contributed by atoms with Crippen LogP contribution in [0.1, 0.15) is 40.2 Å². The number of para-hydroxylation sites is 1. The molecule has 1 atom stereocenters. The second kappa shape index (κ2) is 8.41. The number of rotatable bonds is 4. The molecule has 4 aromatic rings. The van der Waals surface area contributed by atoms with Gasteiger partial charge in [0.05, 0.1) is 12.6 Å². The Morgan fingerprint density at radius 2 is 1.94 bits per heavy atom. The minimum Gasteiger partial charge on any atom is -0.493 e. The first-order valence-electron chi connectivity index (χ1n) is 10.5. The number of hydrogen-bond acceptors (Lipinski definition) is 4. The molecule has 4 nitrogen and oxygen atoms in total. The Kier molecular flexibility index (Phi) is 5.42. The molecule has 3 heterocycles. The van der Waals surface area contributed by atoms with Gasteiger partial charge < -0.3 is 10.1 Å². The summed E-state index contributed by atoms with van der Waals surface area (Å²) in [5.74, 6) is -0.804. The Labute approximate surface area is 193 Å². The molecule has 2 aromatic carbocycles. The predicted octanol–water partition coefficient (Wildman–Crippen LogP) is 6.53. The van der Waals surface area contributed by atoms with Crippen molar-refractivity contribution in [3.8, 4) is 16.9 Å². The molecule has 7 heteroatoms. The molecule has 0 fully saturated rings. The van der Waals surface area contributed by atoms with Crippen molar-refractivity contribution in [1.82, 2.24) is 10.3 Å². The number of halogens is 2. The van der Waals surface area contributed by atoms with E-state index in [0.29, 0.717) is 40.2 Å². The van der Waals surface area contributed by atoms with E-state index in [1.54, 1.807) is 12.4 Å². The number of nitrogens with zero attached hydrogens (tertiary/aromatic N) is 1. The minimum atomic E-state index is -0.671. The summed E-state index contributed by atoms with van der Waals surface area (Å²) in [6, 6.07) is 10.8. The van der Waals surface area contributed by atoms with E-state index in [0.717, 1.165) is 27.5 Å². The molecule has 1 amide bonds. The maximum absolute atomic E-state index is 13.9. The second-order valence-corrected chi connectivity index (χ2v) is 9.03. The smallest absolute Gasteiger partial charge is 0.262 e. The first-order chi connectivity index (χ1) is 15.9. The number of benzene rings is 2. The van der Waals surface area contributed by atoms with Gasteiger partial charge in [0.15, 0.2) is 0 Å². The topological polar surface area (TPSA) is 51.2 Å². The number of aromatic nitrogens is 1. The summed E-state index contributed by atoms with van der Waals surface area (Å²) in [5.41, 5.74) is 3.27. The van der Waals surface area contributed by atoms with Crippen molar-refractivity contribution >= 4 is 32.9 Å². The summed E-state index contributed by atoms with van der Waals surface area (Å²) in [6.45, 7) is 6.41. The standard InChI is InChI=1S/C26H20F2N2O2S/c1-14(2)23-20-13-29-12-19(15-9-16(27)11-17(28)10-15)24(20)33-25(23)26(31)30-21-7-8-32-22-6-4-3-5-18(21)22/h3-6,9-13,21H,1,7-8H2,2H3,(H,30,31)/t21-/m0/s1. The number of hydrogen-bond donors (Lipinski definition) is 1. The largest absolute Gasteiger partial charge is 0.493 e. The number of ether oxygens (including phenoxy) is 1. The van der Waals surface area contributed by atoms with Crippen LogP contribution in [0.3, 0.4) is 0 Å². The molecule has 33 heavy (non-hydrogen) atoms. The maximum atomic E-state index is 13.9. The zero-order valence-corrected chi connectivity index (χ0v) is 18.6. The molecule has 0 spiro atoms. The van der Waals surface area contributed by atoms with Crippen molar-refractivity contribution in [3.05, 3.63) is 89.1 Å². The van der Waals surface area contributed by atoms with E-state index in [1.165, 1.54) is 23.5 Å². The monoisotopic (exact) mass is 462 g/mol. The molecule has 1 aliphatic heterocycles. The molecule has 2 aromatic heterocycles. The van der Waals surface area contributed by atoms with E-state index in [1.807, 2.05) is 31.2 Å². The van der Waals surface area contributed by atoms with E-state index in [-0.39, 0.29) is 11.9 Å². The summed E-state index contributed by atoms with van der Waals surface area (Å²) in [7, 11) is 0. The number of amides is 1. The Bertz CT molecular complexity index is 1390. The van der Waals surface area contributed by atoms with Gasteiger partial charge in [-0.15, -0.1) is 11.3 Å². The lowest BCUT2D eigenvalue weighted by atomic mass is 9.99. The lowest BCUT2D eigenvalue weighted by Crippen LogP contribution is -2.32. The fourth-order valence-corrected chi connectivity index (χ4v) is 5.51. The van der Waals surface area contributed by atoms with Crippen molar-refractivity contribution in [1.29, 1.82) is 0 Å². The van der Waals surface area contributed by atoms with E-state index in [9.17, 15) is 13.6 Å². The third-order valence-corrected chi connectivity index (χ3v) is 6.91. The van der Waals surface area contributed by atoms with Gasteiger partial charge in [0.2, 0.25) is 0 Å². The van der Waals surface area contributed by atoms with Gasteiger partial charge in [-0.2, -0.15) is 0 Å². The van der Waals surface area contributed by atoms with Crippen LogP contribution in [-0.4, -0.2) is 17.5 Å². The molecule has 166 valence electrons. The van der Waals surface area contributed by atoms with E-state index in [4.69, 9.17) is 4.74 Å². The molecule has 0 radical (unpaired) electrons. The average Bonchev–Trinajstić information content (AvgIpc) is 3.19. The van der Waals surface area contributed by atoms with Crippen LogP contribution in [0, 0.1) is 11.6 Å². The summed E-state index contributed by atoms with van der Waals surface area (Å²) < 4.78 is 34.2. The number of carbonyl (C=O) groups excluding carboxylic acids is 1. The Hall–Kier alpha value is -3.58. The molecule has 0 bridgehead atoms. The van der Waals surface area contributed by atoms with Crippen LogP contribution in [0.25, 0.3) is 26.8 Å². The van der Waals surface area contributed by atoms with Crippen molar-refractivity contribution < 1.29 is 18.3 Å². The van der Waals surface area contributed by atoms with Gasteiger partial charge in [0, 0.05) is 51.7 Å². The third-order valence-electron chi connectivity index (χ3n) is 5.67. The quantitative estimate of drug-likeness (QED) is 0.375. The number of pyridine rings is 1. The highest BCUT2D eigenvalue weighted by atomic mass is 32.1. The Balaban J connectivity index is 1.59. The highest BCUT2D eigenvalue weighted by Gasteiger charge is 2.27. The summed E-state index contributed by atoms with van der Waals surface area (Å²) in [5, 5.41) is 3.86. The number of allylic oxidation sites excluding steroid dienone is 1. The van der Waals surface area contributed by atoms with Crippen molar-refractivity contribution in [2.45, 2.75) is 19.4 Å². The lowest BCUT2D eigenvalue weighted by Gasteiger charge is -2.26. The van der Waals surface area contributed by atoms with Crippen LogP contribution in [0.4, 0.5) is 8.78 Å². The summed E-state index contributed by atoms with van der Waals surface area (Å²) >= 11 is 1.27. The van der Waals surface area contributed by atoms with Crippen molar-refractivity contribution in [2.24, 2.45) is 0 Å². The molecular weight excluding hydrogens is 442 g/mol. The number of carbonyl (C=O) groups is 1. The van der Waals surface area contributed by atoms with Crippen LogP contribution in [-0.2, 0) is 0 Å². The van der Waals surface area contributed by atoms with Gasteiger partial charge in [-0.1, -0.05) is 24.8 Å². The Morgan fingerprint density at radius 3 is 2.70 bits per heavy atom. The van der Waals surface area contributed by atoms with Gasteiger partial charge in [0.25, 0.3) is 5.91 Å². The van der Waals surface area contributed by atoms with E-state index in [2.05, 4.69) is 16.9 Å². The molecule has 0 aliphatic carbocycles. The number of nitrogens with one attached hydrogen (secondary N) is 1. The highest BCUT2D eigenvalue weighted by Crippen LogP contribution is 2.41. The van der Waals surface area contributed by atoms with Crippen molar-refractivity contribution in [2.75, 3.05) is 6.61 Å². The minimum absolute atomic E-state index is 0.180. The van der Waals surface area contributed by atoms with Crippen LogP contribution in [0.15, 0.2) is 61.4 Å². The predicted molar refractivity (Wildman–Crippen MR) is 126 cm³/mol. The van der Waals surface area contributed by atoms with Gasteiger partial charge in [-0.3, -0.25) is 9.78 Å². The average molecular weight is 463 g/mol. The lowest BCUT2D eigenvalue weighted by molar-refractivity contribution is 0.0928. The third kappa shape index (κ3) is 3.89. The Morgan fingerprint density at radius 1 is 1.18 bits per heavy atom. The molecule has 5 rings (SSSR count). The van der Waals surface area contributed by atoms with Crippen LogP contribution in [0.2, 0.25) is 0 Å². The molecule has 0 saturated heterocycles. The zero-order chi connectivity index (χ0) is 23.1. The van der Waals surface area contributed by atoms with Crippen LogP contribution < -0.4 is 10.1 Å². The number of fused-ring (bicyclic) bond motifs is 2. The number of thiophene rings is 1. The molecule has 1 N–H and O–H groups in total. The summed E-state index contributed by atoms with van der Waals surface area (Å²) in [6.07, 6.45) is 3.88. The fourth-order valence-electron chi connectivity index (χ4n) is 4.23. The first-order valence-corrected chi connectivity index (χ1v) is 11.3. The second-order valence-electron chi connectivity index (χ2n) is 8.01. The van der Waals surface area contributed by atoms with Gasteiger partial charge in [-0.25, -0.2) is 8.78 Å². The van der Waals surface area contributed by atoms with Gasteiger partial charge in [0.1, 0.15) is 22.3 Å². The SMILES string of the molecule is C=C(C)c1c(C(=O)N[C@H]2CCOc3ccccc32)sc2c(-c3cc(F)cc(F)c3)cncc12. The van der Waals surface area contributed by atoms with Crippen molar-refractivity contribution in [3.63, 3.8) is 0 Å². The van der Waals surface area contributed by atoms with E-state index >= 15 is 0 Å².